The van der Waals surface area contributed by atoms with E-state index in [0.29, 0.717) is 16.9 Å². The molecule has 1 fully saturated rings. The van der Waals surface area contributed by atoms with Gasteiger partial charge < -0.3 is 25.7 Å². The van der Waals surface area contributed by atoms with Gasteiger partial charge in [0.15, 0.2) is 6.35 Å². The minimum Gasteiger partial charge on any atom is -0.374 e. The molecule has 2 aliphatic rings. The molecule has 2 aliphatic heterocycles. The van der Waals surface area contributed by atoms with Gasteiger partial charge in [-0.15, -0.1) is 0 Å². The predicted octanol–water partition coefficient (Wildman–Crippen LogP) is 0.222. The Balaban J connectivity index is 1.87. The van der Waals surface area contributed by atoms with Crippen LogP contribution in [0.5, 0.6) is 0 Å². The fourth-order valence-corrected chi connectivity index (χ4v) is 3.30. The third kappa shape index (κ3) is 3.97. The van der Waals surface area contributed by atoms with Crippen molar-refractivity contribution < 1.29 is 14.6 Å². The minimum atomic E-state index is -1.11. The second kappa shape index (κ2) is 8.01. The molecule has 3 rings (SSSR count). The Morgan fingerprint density at radius 2 is 2.23 bits per heavy atom. The molecule has 0 aliphatic carbocycles. The topological polar surface area (TPSA) is 94.8 Å². The van der Waals surface area contributed by atoms with Gasteiger partial charge in [0.25, 0.3) is 0 Å². The molecular weight excluding hydrogens is 337 g/mol. The van der Waals surface area contributed by atoms with E-state index in [0.717, 1.165) is 25.9 Å². The number of piperidine rings is 1. The molecule has 0 amide bonds. The summed E-state index contributed by atoms with van der Waals surface area (Å²) in [6.45, 7) is 1.90. The van der Waals surface area contributed by atoms with E-state index in [9.17, 15) is 19.9 Å². The summed E-state index contributed by atoms with van der Waals surface area (Å²) >= 11 is 0. The van der Waals surface area contributed by atoms with Crippen molar-refractivity contribution in [2.24, 2.45) is 0 Å². The van der Waals surface area contributed by atoms with Crippen LogP contribution in [0.3, 0.4) is 0 Å². The van der Waals surface area contributed by atoms with Crippen LogP contribution in [-0.2, 0) is 6.54 Å². The van der Waals surface area contributed by atoms with Crippen LogP contribution in [0, 0.1) is 17.1 Å². The van der Waals surface area contributed by atoms with Gasteiger partial charge in [-0.25, -0.2) is 9.29 Å². The highest BCUT2D eigenvalue weighted by Gasteiger charge is 2.33. The van der Waals surface area contributed by atoms with Crippen LogP contribution < -0.4 is 10.6 Å². The molecule has 1 saturated heterocycles. The lowest BCUT2D eigenvalue weighted by Gasteiger charge is -2.44. The summed E-state index contributed by atoms with van der Waals surface area (Å²) in [6.07, 6.45) is 1.58. The highest BCUT2D eigenvalue weighted by atomic mass is 19.1. The lowest BCUT2D eigenvalue weighted by atomic mass is 10.1. The average Bonchev–Trinajstić information content (AvgIpc) is 2.64. The predicted molar refractivity (Wildman–Crippen MR) is 93.5 cm³/mol. The van der Waals surface area contributed by atoms with Crippen LogP contribution in [0.2, 0.25) is 0 Å². The second-order valence-corrected chi connectivity index (χ2v) is 6.71. The van der Waals surface area contributed by atoms with E-state index in [2.05, 4.69) is 16.7 Å². The molecule has 7 nitrogen and oxygen atoms in total. The van der Waals surface area contributed by atoms with Crippen molar-refractivity contribution in [2.45, 2.75) is 38.0 Å². The highest BCUT2D eigenvalue weighted by Crippen LogP contribution is 2.24. The molecule has 0 unspecified atom stereocenters. The molecule has 0 spiro atoms. The molecule has 1 aromatic carbocycles. The normalized spacial score (nSPS) is 27.0. The van der Waals surface area contributed by atoms with Gasteiger partial charge in [0.05, 0.1) is 11.6 Å². The number of nitriles is 1. The fourth-order valence-electron chi connectivity index (χ4n) is 3.30. The zero-order valence-electron chi connectivity index (χ0n) is 14.7. The number of aliphatic hydroxyl groups is 2. The molecule has 4 N–H and O–H groups in total. The summed E-state index contributed by atoms with van der Waals surface area (Å²) in [5.41, 5.74) is 0.830. The maximum atomic E-state index is 13.7. The summed E-state index contributed by atoms with van der Waals surface area (Å²) in [5, 5.41) is 36.7. The van der Waals surface area contributed by atoms with Gasteiger partial charge in [-0.1, -0.05) is 0 Å². The summed E-state index contributed by atoms with van der Waals surface area (Å²) in [5.74, 6) is 0.138. The van der Waals surface area contributed by atoms with Crippen LogP contribution in [0.4, 0.5) is 4.39 Å². The fraction of sp³-hybridized carbons (Fsp3) is 0.500. The van der Waals surface area contributed by atoms with Gasteiger partial charge >= 0.3 is 0 Å². The Hall–Kier alpha value is -2.18. The molecule has 2 heterocycles. The average molecular weight is 361 g/mol. The van der Waals surface area contributed by atoms with Crippen LogP contribution in [0.15, 0.2) is 30.1 Å². The van der Waals surface area contributed by atoms with Crippen LogP contribution >= 0.6 is 0 Å². The van der Waals surface area contributed by atoms with E-state index in [-0.39, 0.29) is 12.6 Å². The number of nitrogens with one attached hydrogen (secondary N) is 2. The first-order valence-corrected chi connectivity index (χ1v) is 8.72. The molecule has 0 bridgehead atoms. The number of benzene rings is 1. The van der Waals surface area contributed by atoms with Crippen molar-refractivity contribution in [3.8, 4) is 6.07 Å². The van der Waals surface area contributed by atoms with Crippen LogP contribution in [0.25, 0.3) is 0 Å². The van der Waals surface area contributed by atoms with Crippen molar-refractivity contribution in [1.82, 2.24) is 20.4 Å². The molecule has 0 saturated carbocycles. The summed E-state index contributed by atoms with van der Waals surface area (Å²) in [4.78, 5) is 3.01. The van der Waals surface area contributed by atoms with Crippen molar-refractivity contribution in [1.29, 1.82) is 5.26 Å². The zero-order valence-corrected chi connectivity index (χ0v) is 14.7. The van der Waals surface area contributed by atoms with Gasteiger partial charge in [-0.2, -0.15) is 5.26 Å². The van der Waals surface area contributed by atoms with Crippen molar-refractivity contribution in [2.75, 3.05) is 20.1 Å². The number of aliphatic hydroxyl groups excluding tert-OH is 2. The Labute approximate surface area is 152 Å². The lowest BCUT2D eigenvalue weighted by Crippen LogP contribution is -2.57. The molecule has 3 atom stereocenters. The van der Waals surface area contributed by atoms with E-state index < -0.39 is 18.4 Å². The van der Waals surface area contributed by atoms with E-state index in [1.165, 1.54) is 23.1 Å². The van der Waals surface area contributed by atoms with Gasteiger partial charge in [0, 0.05) is 19.1 Å². The number of nitrogens with zero attached hydrogens (tertiary/aromatic N) is 3. The first-order valence-electron chi connectivity index (χ1n) is 8.72. The lowest BCUT2D eigenvalue weighted by molar-refractivity contribution is -0.154. The molecular formula is C18H24FN5O2. The Morgan fingerprint density at radius 3 is 2.92 bits per heavy atom. The smallest absolute Gasteiger partial charge is 0.189 e. The van der Waals surface area contributed by atoms with Crippen molar-refractivity contribution in [3.05, 3.63) is 47.0 Å². The SMILES string of the molecule is CN1[C@H](O)C=C(N[C@@H]2CCCNC2)N(Cc2cc(F)ccc2C#N)[C@H]1O. The third-order valence-corrected chi connectivity index (χ3v) is 4.85. The Bertz CT molecular complexity index is 714. The molecule has 8 heteroatoms. The number of halogens is 1. The first kappa shape index (κ1) is 18.6. The maximum absolute atomic E-state index is 13.7. The molecule has 140 valence electrons. The third-order valence-electron chi connectivity index (χ3n) is 4.85. The van der Waals surface area contributed by atoms with Crippen LogP contribution in [-0.4, -0.2) is 58.8 Å². The van der Waals surface area contributed by atoms with Gasteiger partial charge in [-0.05, 0) is 56.3 Å². The maximum Gasteiger partial charge on any atom is 0.189 e. The first-order chi connectivity index (χ1) is 12.5. The molecule has 0 aromatic heterocycles. The van der Waals surface area contributed by atoms with Gasteiger partial charge in [-0.3, -0.25) is 0 Å². The standard InChI is InChI=1S/C18H24FN5O2/c1-23-17(25)8-16(22-15-3-2-6-21-10-15)24(18(23)26)11-13-7-14(19)5-4-12(13)9-20/h4-5,7-8,15,17-18,21-22,25-26H,2-3,6,10-11H2,1H3/t15-,17-,18+/m1/s1. The zero-order chi connectivity index (χ0) is 18.7. The van der Waals surface area contributed by atoms with E-state index in [4.69, 9.17) is 0 Å². The van der Waals surface area contributed by atoms with E-state index >= 15 is 0 Å². The second-order valence-electron chi connectivity index (χ2n) is 6.71. The van der Waals surface area contributed by atoms with Gasteiger partial charge in [0.2, 0.25) is 0 Å². The Morgan fingerprint density at radius 1 is 1.42 bits per heavy atom. The number of hydrogen-bond donors (Lipinski definition) is 4. The monoisotopic (exact) mass is 361 g/mol. The Kier molecular flexibility index (Phi) is 5.74. The summed E-state index contributed by atoms with van der Waals surface area (Å²) in [7, 11) is 1.59. The van der Waals surface area contributed by atoms with Crippen molar-refractivity contribution >= 4 is 0 Å². The van der Waals surface area contributed by atoms with Crippen LogP contribution in [0.1, 0.15) is 24.0 Å². The highest BCUT2D eigenvalue weighted by molar-refractivity contribution is 5.38. The quantitative estimate of drug-likeness (QED) is 0.610. The number of rotatable bonds is 4. The van der Waals surface area contributed by atoms with E-state index in [1.807, 2.05) is 0 Å². The molecule has 26 heavy (non-hydrogen) atoms. The molecule has 0 radical (unpaired) electrons. The summed E-state index contributed by atoms with van der Waals surface area (Å²) in [6, 6.07) is 6.20. The van der Waals surface area contributed by atoms with Gasteiger partial charge in [0.1, 0.15) is 17.9 Å². The minimum absolute atomic E-state index is 0.137. The number of hydrogen-bond acceptors (Lipinski definition) is 7. The largest absolute Gasteiger partial charge is 0.374 e. The number of likely N-dealkylation sites (N-methyl/N-ethyl adjacent to an activating group) is 1. The van der Waals surface area contributed by atoms with E-state index in [1.54, 1.807) is 18.0 Å². The summed E-state index contributed by atoms with van der Waals surface area (Å²) < 4.78 is 13.7. The van der Waals surface area contributed by atoms with Crippen molar-refractivity contribution in [3.63, 3.8) is 0 Å². The molecule has 1 aromatic rings.